The van der Waals surface area contributed by atoms with Gasteiger partial charge in [-0.15, -0.1) is 0 Å². The van der Waals surface area contributed by atoms with Gasteiger partial charge in [0.15, 0.2) is 5.13 Å². The molecule has 0 N–H and O–H groups in total. The lowest BCUT2D eigenvalue weighted by atomic mass is 10.3. The molecule has 0 fully saturated rings. The molecule has 0 aromatic carbocycles. The first-order valence-electron chi connectivity index (χ1n) is 7.17. The molecule has 0 radical (unpaired) electrons. The SMILES string of the molecule is CCCCN(Cc1ccco1)Cc1sc(N(C)C)nc1Cl. The van der Waals surface area contributed by atoms with Crippen LogP contribution in [-0.4, -0.2) is 30.5 Å². The number of aromatic nitrogens is 1. The van der Waals surface area contributed by atoms with E-state index in [1.165, 1.54) is 6.42 Å². The molecule has 6 heteroatoms. The van der Waals surface area contributed by atoms with Crippen molar-refractivity contribution in [1.82, 2.24) is 9.88 Å². The van der Waals surface area contributed by atoms with Crippen molar-refractivity contribution < 1.29 is 4.42 Å². The zero-order valence-electron chi connectivity index (χ0n) is 12.8. The Hall–Kier alpha value is -1.04. The number of hydrogen-bond donors (Lipinski definition) is 0. The maximum absolute atomic E-state index is 6.27. The van der Waals surface area contributed by atoms with E-state index in [1.54, 1.807) is 17.6 Å². The van der Waals surface area contributed by atoms with Gasteiger partial charge in [-0.05, 0) is 25.1 Å². The van der Waals surface area contributed by atoms with E-state index in [2.05, 4.69) is 16.8 Å². The highest BCUT2D eigenvalue weighted by molar-refractivity contribution is 7.16. The number of unbranched alkanes of at least 4 members (excludes halogenated alkanes) is 1. The molecule has 2 aromatic heterocycles. The quantitative estimate of drug-likeness (QED) is 0.725. The summed E-state index contributed by atoms with van der Waals surface area (Å²) in [7, 11) is 3.97. The normalized spacial score (nSPS) is 11.3. The number of nitrogens with zero attached hydrogens (tertiary/aromatic N) is 3. The van der Waals surface area contributed by atoms with E-state index in [-0.39, 0.29) is 0 Å². The van der Waals surface area contributed by atoms with Crippen molar-refractivity contribution in [1.29, 1.82) is 0 Å². The minimum Gasteiger partial charge on any atom is -0.468 e. The predicted octanol–water partition coefficient (Wildman–Crippen LogP) is 4.26. The van der Waals surface area contributed by atoms with Crippen molar-refractivity contribution in [2.45, 2.75) is 32.9 Å². The summed E-state index contributed by atoms with van der Waals surface area (Å²) in [5.41, 5.74) is 0. The van der Waals surface area contributed by atoms with Crippen LogP contribution >= 0.6 is 22.9 Å². The standard InChI is InChI=1S/C15H22ClN3OS/c1-4-5-8-19(10-12-7-6-9-20-12)11-13-14(16)17-15(21-13)18(2)3/h6-7,9H,4-5,8,10-11H2,1-3H3. The molecule has 0 saturated carbocycles. The first-order chi connectivity index (χ1) is 10.1. The van der Waals surface area contributed by atoms with Crippen molar-refractivity contribution in [3.05, 3.63) is 34.2 Å². The molecule has 0 aliphatic carbocycles. The molecular weight excluding hydrogens is 306 g/mol. The van der Waals surface area contributed by atoms with Crippen LogP contribution in [0.4, 0.5) is 5.13 Å². The van der Waals surface area contributed by atoms with Gasteiger partial charge in [0.2, 0.25) is 0 Å². The maximum atomic E-state index is 6.27. The van der Waals surface area contributed by atoms with Crippen LogP contribution in [-0.2, 0) is 13.1 Å². The fourth-order valence-electron chi connectivity index (χ4n) is 2.03. The van der Waals surface area contributed by atoms with Gasteiger partial charge >= 0.3 is 0 Å². The van der Waals surface area contributed by atoms with Crippen molar-refractivity contribution in [2.75, 3.05) is 25.5 Å². The number of anilines is 1. The Bertz CT molecular complexity index is 539. The van der Waals surface area contributed by atoms with Crippen LogP contribution < -0.4 is 4.90 Å². The summed E-state index contributed by atoms with van der Waals surface area (Å²) in [5, 5.41) is 1.56. The molecule has 0 amide bonds. The second-order valence-corrected chi connectivity index (χ2v) is 6.67. The Morgan fingerprint density at radius 3 is 2.71 bits per heavy atom. The molecule has 0 atom stereocenters. The van der Waals surface area contributed by atoms with Crippen LogP contribution in [0.25, 0.3) is 0 Å². The van der Waals surface area contributed by atoms with E-state index in [4.69, 9.17) is 16.0 Å². The van der Waals surface area contributed by atoms with Crippen LogP contribution in [0.5, 0.6) is 0 Å². The number of thiazole rings is 1. The summed E-state index contributed by atoms with van der Waals surface area (Å²) >= 11 is 7.92. The molecule has 116 valence electrons. The van der Waals surface area contributed by atoms with Gasteiger partial charge in [0.1, 0.15) is 10.9 Å². The van der Waals surface area contributed by atoms with Crippen molar-refractivity contribution in [2.24, 2.45) is 0 Å². The third kappa shape index (κ3) is 4.73. The van der Waals surface area contributed by atoms with Gasteiger partial charge in [0.25, 0.3) is 0 Å². The van der Waals surface area contributed by atoms with E-state index < -0.39 is 0 Å². The number of rotatable bonds is 8. The van der Waals surface area contributed by atoms with Crippen LogP contribution in [0, 0.1) is 0 Å². The lowest BCUT2D eigenvalue weighted by Crippen LogP contribution is -2.23. The Labute approximate surface area is 135 Å². The fourth-order valence-corrected chi connectivity index (χ4v) is 3.25. The van der Waals surface area contributed by atoms with E-state index in [0.717, 1.165) is 41.8 Å². The van der Waals surface area contributed by atoms with Crippen molar-refractivity contribution >= 4 is 28.1 Å². The van der Waals surface area contributed by atoms with Crippen LogP contribution in [0.3, 0.4) is 0 Å². The lowest BCUT2D eigenvalue weighted by molar-refractivity contribution is 0.234. The minimum absolute atomic E-state index is 0.615. The smallest absolute Gasteiger partial charge is 0.186 e. The maximum Gasteiger partial charge on any atom is 0.186 e. The molecule has 0 aliphatic heterocycles. The third-order valence-electron chi connectivity index (χ3n) is 3.18. The summed E-state index contributed by atoms with van der Waals surface area (Å²) in [5.74, 6) is 0.986. The van der Waals surface area contributed by atoms with Crippen LogP contribution in [0.2, 0.25) is 5.15 Å². The fraction of sp³-hybridized carbons (Fsp3) is 0.533. The largest absolute Gasteiger partial charge is 0.468 e. The molecule has 2 heterocycles. The molecule has 2 aromatic rings. The molecular formula is C15H22ClN3OS. The number of halogens is 1. The highest BCUT2D eigenvalue weighted by atomic mass is 35.5. The summed E-state index contributed by atoms with van der Waals surface area (Å²) in [6.45, 7) is 4.85. The summed E-state index contributed by atoms with van der Waals surface area (Å²) in [4.78, 5) is 9.87. The van der Waals surface area contributed by atoms with Gasteiger partial charge in [-0.2, -0.15) is 0 Å². The molecule has 0 spiro atoms. The lowest BCUT2D eigenvalue weighted by Gasteiger charge is -2.20. The molecule has 0 aliphatic rings. The van der Waals surface area contributed by atoms with Crippen LogP contribution in [0.1, 0.15) is 30.4 Å². The Kier molecular flexibility index (Phi) is 6.08. The average Bonchev–Trinajstić information content (AvgIpc) is 3.07. The van der Waals surface area contributed by atoms with Gasteiger partial charge in [0.05, 0.1) is 17.7 Å². The molecule has 0 unspecified atom stereocenters. The monoisotopic (exact) mass is 327 g/mol. The second kappa shape index (κ2) is 7.82. The topological polar surface area (TPSA) is 32.5 Å². The minimum atomic E-state index is 0.615. The van der Waals surface area contributed by atoms with Gasteiger partial charge in [-0.25, -0.2) is 4.98 Å². The first-order valence-corrected chi connectivity index (χ1v) is 8.37. The highest BCUT2D eigenvalue weighted by Gasteiger charge is 2.15. The number of furan rings is 1. The predicted molar refractivity (Wildman–Crippen MR) is 89.2 cm³/mol. The van der Waals surface area contributed by atoms with Gasteiger partial charge in [-0.3, -0.25) is 4.90 Å². The molecule has 2 rings (SSSR count). The van der Waals surface area contributed by atoms with E-state index in [0.29, 0.717) is 5.15 Å². The average molecular weight is 328 g/mol. The summed E-state index contributed by atoms with van der Waals surface area (Å²) < 4.78 is 5.46. The Morgan fingerprint density at radius 2 is 2.14 bits per heavy atom. The van der Waals surface area contributed by atoms with E-state index in [9.17, 15) is 0 Å². The first kappa shape index (κ1) is 16.3. The zero-order valence-corrected chi connectivity index (χ0v) is 14.4. The van der Waals surface area contributed by atoms with Crippen molar-refractivity contribution in [3.63, 3.8) is 0 Å². The zero-order chi connectivity index (χ0) is 15.2. The van der Waals surface area contributed by atoms with Gasteiger partial charge in [0, 0.05) is 20.6 Å². The molecule has 4 nitrogen and oxygen atoms in total. The van der Waals surface area contributed by atoms with Gasteiger partial charge < -0.3 is 9.32 Å². The van der Waals surface area contributed by atoms with Gasteiger partial charge in [-0.1, -0.05) is 36.3 Å². The molecule has 0 bridgehead atoms. The third-order valence-corrected chi connectivity index (χ3v) is 4.81. The van der Waals surface area contributed by atoms with E-state index in [1.807, 2.05) is 31.1 Å². The molecule has 21 heavy (non-hydrogen) atoms. The highest BCUT2D eigenvalue weighted by Crippen LogP contribution is 2.30. The molecule has 0 saturated heterocycles. The van der Waals surface area contributed by atoms with Crippen molar-refractivity contribution in [3.8, 4) is 0 Å². The Balaban J connectivity index is 2.06. The van der Waals surface area contributed by atoms with E-state index >= 15 is 0 Å². The second-order valence-electron chi connectivity index (χ2n) is 5.25. The van der Waals surface area contributed by atoms with Crippen LogP contribution in [0.15, 0.2) is 22.8 Å². The summed E-state index contributed by atoms with van der Waals surface area (Å²) in [6, 6.07) is 3.94. The Morgan fingerprint density at radius 1 is 1.33 bits per heavy atom. The number of hydrogen-bond acceptors (Lipinski definition) is 5. The summed E-state index contributed by atoms with van der Waals surface area (Å²) in [6.07, 6.45) is 4.06.